The van der Waals surface area contributed by atoms with E-state index in [1.165, 1.54) is 23.3 Å². The highest BCUT2D eigenvalue weighted by molar-refractivity contribution is 5.70. The third-order valence-electron chi connectivity index (χ3n) is 5.31. The van der Waals surface area contributed by atoms with Gasteiger partial charge in [-0.2, -0.15) is 0 Å². The maximum absolute atomic E-state index is 13.2. The number of halogens is 1. The van der Waals surface area contributed by atoms with Crippen LogP contribution in [0.15, 0.2) is 97.2 Å². The highest BCUT2D eigenvalue weighted by atomic mass is 19.1. The van der Waals surface area contributed by atoms with E-state index < -0.39 is 0 Å². The quantitative estimate of drug-likeness (QED) is 0.383. The summed E-state index contributed by atoms with van der Waals surface area (Å²) in [6.07, 6.45) is 1.81. The van der Waals surface area contributed by atoms with Gasteiger partial charge in [0.15, 0.2) is 0 Å². The SMILES string of the molecule is CC(C)(c1ccccc1)c1cccc(-c2cc(-c3ccc(F)cc3)ccn2)c1. The summed E-state index contributed by atoms with van der Waals surface area (Å²) in [5.41, 5.74) is 6.40. The summed E-state index contributed by atoms with van der Waals surface area (Å²) < 4.78 is 13.2. The van der Waals surface area contributed by atoms with Crippen LogP contribution < -0.4 is 0 Å². The molecular formula is C26H22FN. The summed E-state index contributed by atoms with van der Waals surface area (Å²) in [7, 11) is 0. The second-order valence-electron chi connectivity index (χ2n) is 7.51. The maximum Gasteiger partial charge on any atom is 0.123 e. The molecule has 0 saturated heterocycles. The van der Waals surface area contributed by atoms with Crippen LogP contribution in [-0.4, -0.2) is 4.98 Å². The van der Waals surface area contributed by atoms with E-state index in [-0.39, 0.29) is 11.2 Å². The molecule has 138 valence electrons. The molecule has 0 aliphatic carbocycles. The average molecular weight is 367 g/mol. The van der Waals surface area contributed by atoms with Crippen LogP contribution in [0.25, 0.3) is 22.4 Å². The average Bonchev–Trinajstić information content (AvgIpc) is 2.75. The fraction of sp³-hybridized carbons (Fsp3) is 0.115. The van der Waals surface area contributed by atoms with E-state index in [4.69, 9.17) is 0 Å². The number of pyridine rings is 1. The van der Waals surface area contributed by atoms with Gasteiger partial charge in [-0.1, -0.05) is 74.5 Å². The fourth-order valence-electron chi connectivity index (χ4n) is 3.50. The van der Waals surface area contributed by atoms with Crippen molar-refractivity contribution < 1.29 is 4.39 Å². The Kier molecular flexibility index (Phi) is 4.79. The van der Waals surface area contributed by atoms with Crippen LogP contribution in [-0.2, 0) is 5.41 Å². The molecule has 0 aliphatic rings. The molecule has 1 nitrogen and oxygen atoms in total. The Bertz CT molecular complexity index is 1080. The zero-order valence-corrected chi connectivity index (χ0v) is 16.1. The molecule has 2 heteroatoms. The third kappa shape index (κ3) is 3.59. The predicted molar refractivity (Wildman–Crippen MR) is 114 cm³/mol. The first-order valence-electron chi connectivity index (χ1n) is 9.42. The topological polar surface area (TPSA) is 12.9 Å². The molecule has 1 aromatic heterocycles. The first-order valence-corrected chi connectivity index (χ1v) is 9.42. The summed E-state index contributed by atoms with van der Waals surface area (Å²) in [5, 5.41) is 0. The molecule has 0 amide bonds. The molecule has 4 aromatic rings. The van der Waals surface area contributed by atoms with Crippen LogP contribution in [0.2, 0.25) is 0 Å². The minimum Gasteiger partial charge on any atom is -0.256 e. The number of hydrogen-bond acceptors (Lipinski definition) is 1. The van der Waals surface area contributed by atoms with E-state index in [1.807, 2.05) is 18.3 Å². The van der Waals surface area contributed by atoms with Crippen LogP contribution in [0.5, 0.6) is 0 Å². The lowest BCUT2D eigenvalue weighted by molar-refractivity contribution is 0.628. The van der Waals surface area contributed by atoms with Crippen LogP contribution in [0.1, 0.15) is 25.0 Å². The van der Waals surface area contributed by atoms with E-state index in [2.05, 4.69) is 73.4 Å². The van der Waals surface area contributed by atoms with Crippen molar-refractivity contribution in [2.45, 2.75) is 19.3 Å². The summed E-state index contributed by atoms with van der Waals surface area (Å²) in [6, 6.07) is 29.7. The lowest BCUT2D eigenvalue weighted by Gasteiger charge is -2.26. The van der Waals surface area contributed by atoms with Crippen molar-refractivity contribution >= 4 is 0 Å². The molecule has 0 radical (unpaired) electrons. The van der Waals surface area contributed by atoms with Gasteiger partial charge in [0.2, 0.25) is 0 Å². The van der Waals surface area contributed by atoms with Crippen molar-refractivity contribution in [1.29, 1.82) is 0 Å². The van der Waals surface area contributed by atoms with Gasteiger partial charge >= 0.3 is 0 Å². The summed E-state index contributed by atoms with van der Waals surface area (Å²) in [4.78, 5) is 4.57. The highest BCUT2D eigenvalue weighted by Gasteiger charge is 2.23. The Morgan fingerprint density at radius 2 is 1.36 bits per heavy atom. The van der Waals surface area contributed by atoms with Crippen molar-refractivity contribution in [3.8, 4) is 22.4 Å². The number of benzene rings is 3. The Hall–Kier alpha value is -3.26. The van der Waals surface area contributed by atoms with Gasteiger partial charge in [-0.15, -0.1) is 0 Å². The molecule has 0 saturated carbocycles. The van der Waals surface area contributed by atoms with Gasteiger partial charge in [-0.3, -0.25) is 4.98 Å². The van der Waals surface area contributed by atoms with E-state index in [0.717, 1.165) is 22.4 Å². The summed E-state index contributed by atoms with van der Waals surface area (Å²) in [6.45, 7) is 4.48. The second-order valence-corrected chi connectivity index (χ2v) is 7.51. The second kappa shape index (κ2) is 7.40. The normalized spacial score (nSPS) is 11.4. The molecule has 0 spiro atoms. The molecular weight excluding hydrogens is 345 g/mol. The number of rotatable bonds is 4. The Balaban J connectivity index is 1.72. The molecule has 0 unspecified atom stereocenters. The Morgan fingerprint density at radius 3 is 2.11 bits per heavy atom. The summed E-state index contributed by atoms with van der Waals surface area (Å²) >= 11 is 0. The molecule has 0 fully saturated rings. The standard InChI is InChI=1S/C26H22FN/c1-26(2,22-8-4-3-5-9-22)23-10-6-7-21(17-23)25-18-20(15-16-28-25)19-11-13-24(27)14-12-19/h3-18H,1-2H3. The number of nitrogens with zero attached hydrogens (tertiary/aromatic N) is 1. The lowest BCUT2D eigenvalue weighted by Crippen LogP contribution is -2.18. The third-order valence-corrected chi connectivity index (χ3v) is 5.31. The zero-order chi connectivity index (χ0) is 19.6. The van der Waals surface area contributed by atoms with Crippen molar-refractivity contribution in [2.24, 2.45) is 0 Å². The van der Waals surface area contributed by atoms with Crippen molar-refractivity contribution in [1.82, 2.24) is 4.98 Å². The lowest BCUT2D eigenvalue weighted by atomic mass is 9.77. The number of aromatic nitrogens is 1. The van der Waals surface area contributed by atoms with Gasteiger partial charge in [0.05, 0.1) is 5.69 Å². The smallest absolute Gasteiger partial charge is 0.123 e. The minimum atomic E-state index is -0.228. The maximum atomic E-state index is 13.2. The molecule has 4 rings (SSSR count). The molecule has 0 aliphatic heterocycles. The van der Waals surface area contributed by atoms with E-state index in [9.17, 15) is 4.39 Å². The van der Waals surface area contributed by atoms with Crippen molar-refractivity contribution in [3.63, 3.8) is 0 Å². The Morgan fingerprint density at radius 1 is 0.643 bits per heavy atom. The first kappa shape index (κ1) is 18.1. The van der Waals surface area contributed by atoms with Crippen molar-refractivity contribution in [2.75, 3.05) is 0 Å². The number of hydrogen-bond donors (Lipinski definition) is 0. The van der Waals surface area contributed by atoms with E-state index in [1.54, 1.807) is 12.1 Å². The molecule has 28 heavy (non-hydrogen) atoms. The molecule has 1 heterocycles. The van der Waals surface area contributed by atoms with Gasteiger partial charge in [-0.05, 0) is 52.6 Å². The fourth-order valence-corrected chi connectivity index (χ4v) is 3.50. The molecule has 3 aromatic carbocycles. The van der Waals surface area contributed by atoms with Gasteiger partial charge in [-0.25, -0.2) is 4.39 Å². The van der Waals surface area contributed by atoms with Crippen LogP contribution in [0, 0.1) is 5.82 Å². The van der Waals surface area contributed by atoms with Gasteiger partial charge in [0.1, 0.15) is 5.82 Å². The molecule has 0 atom stereocenters. The van der Waals surface area contributed by atoms with Crippen LogP contribution in [0.3, 0.4) is 0 Å². The summed E-state index contributed by atoms with van der Waals surface area (Å²) in [5.74, 6) is -0.228. The predicted octanol–water partition coefficient (Wildman–Crippen LogP) is 6.88. The first-order chi connectivity index (χ1) is 13.5. The minimum absolute atomic E-state index is 0.105. The zero-order valence-electron chi connectivity index (χ0n) is 16.1. The monoisotopic (exact) mass is 367 g/mol. The van der Waals surface area contributed by atoms with Gasteiger partial charge in [0, 0.05) is 17.2 Å². The largest absolute Gasteiger partial charge is 0.256 e. The van der Waals surface area contributed by atoms with E-state index >= 15 is 0 Å². The molecule has 0 bridgehead atoms. The van der Waals surface area contributed by atoms with Gasteiger partial charge < -0.3 is 0 Å². The Labute approximate surface area is 165 Å². The molecule has 0 N–H and O–H groups in total. The van der Waals surface area contributed by atoms with Crippen molar-refractivity contribution in [3.05, 3.63) is 114 Å². The highest BCUT2D eigenvalue weighted by Crippen LogP contribution is 2.34. The van der Waals surface area contributed by atoms with Crippen LogP contribution >= 0.6 is 0 Å². The van der Waals surface area contributed by atoms with Crippen LogP contribution in [0.4, 0.5) is 4.39 Å². The van der Waals surface area contributed by atoms with E-state index in [0.29, 0.717) is 0 Å². The van der Waals surface area contributed by atoms with Gasteiger partial charge in [0.25, 0.3) is 0 Å².